The second-order valence-corrected chi connectivity index (χ2v) is 5.12. The first-order valence-corrected chi connectivity index (χ1v) is 6.65. The Morgan fingerprint density at radius 3 is 2.85 bits per heavy atom. The van der Waals surface area contributed by atoms with Gasteiger partial charge in [-0.3, -0.25) is 4.79 Å². The van der Waals surface area contributed by atoms with E-state index in [-0.39, 0.29) is 18.9 Å². The summed E-state index contributed by atoms with van der Waals surface area (Å²) in [7, 11) is 0. The van der Waals surface area contributed by atoms with Gasteiger partial charge in [0.15, 0.2) is 6.04 Å². The molecule has 108 valence electrons. The highest BCUT2D eigenvalue weighted by molar-refractivity contribution is 5.85. The number of amides is 1. The second-order valence-electron chi connectivity index (χ2n) is 5.12. The van der Waals surface area contributed by atoms with Gasteiger partial charge >= 0.3 is 5.97 Å². The summed E-state index contributed by atoms with van der Waals surface area (Å²) in [5, 5.41) is 9.15. The maximum absolute atomic E-state index is 12.4. The molecule has 0 radical (unpaired) electrons. The number of carbonyl (C=O) groups excluding carboxylic acids is 1. The second kappa shape index (κ2) is 6.05. The fraction of sp³-hybridized carbons (Fsp3) is 0.467. The lowest BCUT2D eigenvalue weighted by Gasteiger charge is -2.33. The predicted molar refractivity (Wildman–Crippen MR) is 73.6 cm³/mol. The van der Waals surface area contributed by atoms with Crippen LogP contribution in [0.2, 0.25) is 0 Å². The molecule has 1 heterocycles. The van der Waals surface area contributed by atoms with Crippen LogP contribution in [0.15, 0.2) is 18.2 Å². The summed E-state index contributed by atoms with van der Waals surface area (Å²) < 4.78 is 5.14. The minimum absolute atomic E-state index is 0.0634. The first kappa shape index (κ1) is 14.5. The largest absolute Gasteiger partial charge is 0.480 e. The molecule has 0 aromatic heterocycles. The average Bonchev–Trinajstić information content (AvgIpc) is 2.42. The molecule has 1 atom stereocenters. The van der Waals surface area contributed by atoms with Gasteiger partial charge in [-0.1, -0.05) is 23.8 Å². The number of ether oxygens (including phenoxy) is 1. The molecule has 1 saturated heterocycles. The third kappa shape index (κ3) is 3.17. The highest BCUT2D eigenvalue weighted by atomic mass is 16.5. The van der Waals surface area contributed by atoms with Crippen LogP contribution in [0.3, 0.4) is 0 Å². The van der Waals surface area contributed by atoms with Crippen molar-refractivity contribution in [2.45, 2.75) is 26.3 Å². The molecule has 1 N–H and O–H groups in total. The van der Waals surface area contributed by atoms with Gasteiger partial charge in [0.1, 0.15) is 0 Å². The van der Waals surface area contributed by atoms with Gasteiger partial charge in [-0.25, -0.2) is 4.79 Å². The Bertz CT molecular complexity index is 527. The monoisotopic (exact) mass is 277 g/mol. The topological polar surface area (TPSA) is 66.8 Å². The minimum atomic E-state index is -1.01. The van der Waals surface area contributed by atoms with E-state index in [1.807, 2.05) is 32.0 Å². The van der Waals surface area contributed by atoms with Crippen molar-refractivity contribution >= 4 is 11.9 Å². The Kier molecular flexibility index (Phi) is 4.39. The van der Waals surface area contributed by atoms with Gasteiger partial charge in [0, 0.05) is 6.54 Å². The van der Waals surface area contributed by atoms with Crippen molar-refractivity contribution in [3.05, 3.63) is 34.9 Å². The van der Waals surface area contributed by atoms with Crippen molar-refractivity contribution in [2.75, 3.05) is 19.8 Å². The molecule has 5 heteroatoms. The zero-order chi connectivity index (χ0) is 14.7. The van der Waals surface area contributed by atoms with E-state index in [0.29, 0.717) is 13.2 Å². The van der Waals surface area contributed by atoms with Crippen molar-refractivity contribution < 1.29 is 19.4 Å². The molecule has 20 heavy (non-hydrogen) atoms. The minimum Gasteiger partial charge on any atom is -0.480 e. The number of morpholine rings is 1. The van der Waals surface area contributed by atoms with Crippen LogP contribution in [-0.2, 0) is 20.7 Å². The summed E-state index contributed by atoms with van der Waals surface area (Å²) in [6.07, 6.45) is 0.233. The van der Waals surface area contributed by atoms with E-state index >= 15 is 0 Å². The van der Waals surface area contributed by atoms with Crippen LogP contribution in [0.4, 0.5) is 0 Å². The number of aryl methyl sites for hydroxylation is 2. The first-order valence-electron chi connectivity index (χ1n) is 6.65. The van der Waals surface area contributed by atoms with E-state index in [1.165, 1.54) is 4.90 Å². The van der Waals surface area contributed by atoms with Crippen LogP contribution in [0.25, 0.3) is 0 Å². The molecule has 0 bridgehead atoms. The Hall–Kier alpha value is -1.88. The van der Waals surface area contributed by atoms with Gasteiger partial charge in [0.25, 0.3) is 0 Å². The van der Waals surface area contributed by atoms with Crippen LogP contribution < -0.4 is 0 Å². The molecule has 2 rings (SSSR count). The van der Waals surface area contributed by atoms with Crippen LogP contribution >= 0.6 is 0 Å². The maximum atomic E-state index is 12.4. The third-order valence-electron chi connectivity index (χ3n) is 3.58. The lowest BCUT2D eigenvalue weighted by molar-refractivity contribution is -0.158. The van der Waals surface area contributed by atoms with Gasteiger partial charge in [-0.2, -0.15) is 0 Å². The number of nitrogens with zero attached hydrogens (tertiary/aromatic N) is 1. The van der Waals surface area contributed by atoms with Gasteiger partial charge in [-0.15, -0.1) is 0 Å². The molecular formula is C15H19NO4. The summed E-state index contributed by atoms with van der Waals surface area (Å²) in [5.41, 5.74) is 3.09. The van der Waals surface area contributed by atoms with Crippen molar-refractivity contribution in [3.8, 4) is 0 Å². The molecule has 1 aliphatic rings. The lowest BCUT2D eigenvalue weighted by atomic mass is 10.0. The smallest absolute Gasteiger partial charge is 0.328 e. The van der Waals surface area contributed by atoms with Gasteiger partial charge in [0.05, 0.1) is 19.6 Å². The SMILES string of the molecule is Cc1ccc(C)c(CC(=O)N2CCOCC2C(=O)O)c1. The Labute approximate surface area is 118 Å². The lowest BCUT2D eigenvalue weighted by Crippen LogP contribution is -2.53. The number of benzene rings is 1. The normalized spacial score (nSPS) is 18.9. The average molecular weight is 277 g/mol. The van der Waals surface area contributed by atoms with Crippen LogP contribution in [0.1, 0.15) is 16.7 Å². The van der Waals surface area contributed by atoms with Crippen molar-refractivity contribution in [1.29, 1.82) is 0 Å². The fourth-order valence-corrected chi connectivity index (χ4v) is 2.36. The third-order valence-corrected chi connectivity index (χ3v) is 3.58. The highest BCUT2D eigenvalue weighted by Crippen LogP contribution is 2.15. The molecule has 0 aliphatic carbocycles. The zero-order valence-corrected chi connectivity index (χ0v) is 11.8. The Morgan fingerprint density at radius 1 is 1.40 bits per heavy atom. The van der Waals surface area contributed by atoms with Gasteiger partial charge in [-0.05, 0) is 25.0 Å². The molecule has 1 aliphatic heterocycles. The van der Waals surface area contributed by atoms with Crippen LogP contribution in [0, 0.1) is 13.8 Å². The number of rotatable bonds is 3. The summed E-state index contributed by atoms with van der Waals surface area (Å²) in [6.45, 7) is 4.72. The molecule has 1 fully saturated rings. The Balaban J connectivity index is 2.14. The molecule has 1 unspecified atom stereocenters. The number of carboxylic acid groups (broad SMARTS) is 1. The maximum Gasteiger partial charge on any atom is 0.328 e. The van der Waals surface area contributed by atoms with E-state index < -0.39 is 12.0 Å². The Morgan fingerprint density at radius 2 is 2.15 bits per heavy atom. The van der Waals surface area contributed by atoms with E-state index in [2.05, 4.69) is 0 Å². The molecule has 0 spiro atoms. The molecule has 1 aromatic rings. The first-order chi connectivity index (χ1) is 9.49. The van der Waals surface area contributed by atoms with E-state index in [9.17, 15) is 9.59 Å². The van der Waals surface area contributed by atoms with Crippen molar-refractivity contribution in [3.63, 3.8) is 0 Å². The molecular weight excluding hydrogens is 258 g/mol. The quantitative estimate of drug-likeness (QED) is 0.900. The molecule has 1 amide bonds. The summed E-state index contributed by atoms with van der Waals surface area (Å²) in [4.78, 5) is 24.9. The predicted octanol–water partition coefficient (Wildman–Crippen LogP) is 1.16. The number of hydrogen-bond acceptors (Lipinski definition) is 3. The summed E-state index contributed by atoms with van der Waals surface area (Å²) in [5.74, 6) is -1.17. The fourth-order valence-electron chi connectivity index (χ4n) is 2.36. The summed E-state index contributed by atoms with van der Waals surface area (Å²) in [6, 6.07) is 5.08. The molecule has 1 aromatic carbocycles. The number of hydrogen-bond donors (Lipinski definition) is 1. The van der Waals surface area contributed by atoms with Crippen molar-refractivity contribution in [2.24, 2.45) is 0 Å². The molecule has 5 nitrogen and oxygen atoms in total. The van der Waals surface area contributed by atoms with E-state index in [0.717, 1.165) is 16.7 Å². The number of carboxylic acids is 1. The standard InChI is InChI=1S/C15H19NO4/c1-10-3-4-11(2)12(7-10)8-14(17)16-5-6-20-9-13(16)15(18)19/h3-4,7,13H,5-6,8-9H2,1-2H3,(H,18,19). The van der Waals surface area contributed by atoms with Gasteiger partial charge in [0.2, 0.25) is 5.91 Å². The van der Waals surface area contributed by atoms with Crippen LogP contribution in [0.5, 0.6) is 0 Å². The van der Waals surface area contributed by atoms with Gasteiger partial charge < -0.3 is 14.7 Å². The van der Waals surface area contributed by atoms with Crippen LogP contribution in [-0.4, -0.2) is 47.7 Å². The number of carbonyl (C=O) groups is 2. The van der Waals surface area contributed by atoms with Crippen molar-refractivity contribution in [1.82, 2.24) is 4.90 Å². The van der Waals surface area contributed by atoms with E-state index in [1.54, 1.807) is 0 Å². The summed E-state index contributed by atoms with van der Waals surface area (Å²) >= 11 is 0. The van der Waals surface area contributed by atoms with E-state index in [4.69, 9.17) is 9.84 Å². The number of aliphatic carboxylic acids is 1. The highest BCUT2D eigenvalue weighted by Gasteiger charge is 2.32. The molecule has 0 saturated carbocycles. The zero-order valence-electron chi connectivity index (χ0n) is 11.8.